The molecule has 172 valence electrons. The molecule has 0 unspecified atom stereocenters. The maximum atomic E-state index is 13.8. The molecule has 0 saturated carbocycles. The monoisotopic (exact) mass is 446 g/mol. The fraction of sp³-hybridized carbons (Fsp3) is 0.400. The Balaban J connectivity index is 1.80. The molecular formula is C25H30N6O2. The number of nitrogens with one attached hydrogen (secondary N) is 1. The van der Waals surface area contributed by atoms with Crippen molar-refractivity contribution >= 4 is 27.8 Å². The highest BCUT2D eigenvalue weighted by Gasteiger charge is 2.25. The van der Waals surface area contributed by atoms with E-state index in [1.807, 2.05) is 44.5 Å². The summed E-state index contributed by atoms with van der Waals surface area (Å²) in [5, 5.41) is 5.75. The van der Waals surface area contributed by atoms with E-state index in [4.69, 9.17) is 4.98 Å². The number of para-hydroxylation sites is 1. The first kappa shape index (κ1) is 22.6. The van der Waals surface area contributed by atoms with Gasteiger partial charge in [0.25, 0.3) is 11.5 Å². The van der Waals surface area contributed by atoms with E-state index in [1.165, 1.54) is 0 Å². The molecule has 0 bridgehead atoms. The van der Waals surface area contributed by atoms with Crippen molar-refractivity contribution < 1.29 is 4.79 Å². The first-order chi connectivity index (χ1) is 15.7. The van der Waals surface area contributed by atoms with Gasteiger partial charge < -0.3 is 9.88 Å². The van der Waals surface area contributed by atoms with E-state index in [-0.39, 0.29) is 36.0 Å². The number of benzene rings is 1. The zero-order valence-corrected chi connectivity index (χ0v) is 20.0. The molecule has 0 aliphatic heterocycles. The average Bonchev–Trinajstić information content (AvgIpc) is 3.20. The minimum atomic E-state index is -0.210. The highest BCUT2D eigenvalue weighted by molar-refractivity contribution is 6.05. The van der Waals surface area contributed by atoms with Crippen LogP contribution in [0, 0.1) is 0 Å². The van der Waals surface area contributed by atoms with Gasteiger partial charge in [0, 0.05) is 17.8 Å². The first-order valence-electron chi connectivity index (χ1n) is 11.3. The van der Waals surface area contributed by atoms with Crippen LogP contribution in [0.25, 0.3) is 21.9 Å². The van der Waals surface area contributed by atoms with Crippen molar-refractivity contribution in [3.05, 3.63) is 64.0 Å². The lowest BCUT2D eigenvalue weighted by Gasteiger charge is -2.27. The summed E-state index contributed by atoms with van der Waals surface area (Å²) in [7, 11) is 0. The number of H-pyrrole nitrogens is 1. The number of carbonyl (C=O) groups is 1. The maximum Gasteiger partial charge on any atom is 0.258 e. The van der Waals surface area contributed by atoms with Crippen LogP contribution in [0.3, 0.4) is 0 Å². The number of rotatable bonds is 6. The number of amides is 1. The van der Waals surface area contributed by atoms with Gasteiger partial charge in [-0.05, 0) is 51.8 Å². The number of hydrogen-bond donors (Lipinski definition) is 1. The van der Waals surface area contributed by atoms with Gasteiger partial charge in [-0.2, -0.15) is 5.10 Å². The van der Waals surface area contributed by atoms with E-state index >= 15 is 0 Å². The molecule has 0 radical (unpaired) electrons. The molecule has 0 fully saturated rings. The summed E-state index contributed by atoms with van der Waals surface area (Å²) < 4.78 is 1.85. The molecule has 3 heterocycles. The Labute approximate surface area is 192 Å². The SMILES string of the molecule is CC(C)c1cc(C(=O)N(Cc2nc3ccccc3c(=O)[nH]2)C(C)C)c2cnn(C(C)C)c2n1. The second kappa shape index (κ2) is 8.77. The maximum absolute atomic E-state index is 13.8. The molecule has 0 spiro atoms. The van der Waals surface area contributed by atoms with Gasteiger partial charge in [-0.15, -0.1) is 0 Å². The summed E-state index contributed by atoms with van der Waals surface area (Å²) in [4.78, 5) is 40.3. The highest BCUT2D eigenvalue weighted by atomic mass is 16.2. The molecule has 0 aliphatic rings. The lowest BCUT2D eigenvalue weighted by Crippen LogP contribution is -2.37. The second-order valence-corrected chi connectivity index (χ2v) is 9.23. The van der Waals surface area contributed by atoms with Crippen LogP contribution in [-0.4, -0.2) is 41.6 Å². The minimum Gasteiger partial charge on any atom is -0.329 e. The molecule has 3 aromatic heterocycles. The molecule has 0 atom stereocenters. The fourth-order valence-electron chi connectivity index (χ4n) is 3.90. The molecule has 1 N–H and O–H groups in total. The summed E-state index contributed by atoms with van der Waals surface area (Å²) in [6, 6.07) is 9.07. The van der Waals surface area contributed by atoms with E-state index in [2.05, 4.69) is 28.9 Å². The molecular weight excluding hydrogens is 416 g/mol. The van der Waals surface area contributed by atoms with Crippen molar-refractivity contribution in [2.24, 2.45) is 0 Å². The fourth-order valence-corrected chi connectivity index (χ4v) is 3.90. The Bertz CT molecular complexity index is 1380. The summed E-state index contributed by atoms with van der Waals surface area (Å²) in [6.07, 6.45) is 1.72. The van der Waals surface area contributed by atoms with Gasteiger partial charge in [0.05, 0.1) is 34.6 Å². The molecule has 33 heavy (non-hydrogen) atoms. The van der Waals surface area contributed by atoms with E-state index in [0.717, 1.165) is 11.1 Å². The minimum absolute atomic E-state index is 0.111. The number of fused-ring (bicyclic) bond motifs is 2. The summed E-state index contributed by atoms with van der Waals surface area (Å²) in [5.41, 5.74) is 2.51. The van der Waals surface area contributed by atoms with Crippen molar-refractivity contribution in [3.63, 3.8) is 0 Å². The number of aromatic nitrogens is 5. The standard InChI is InChI=1S/C25H30N6O2/c1-14(2)21-11-18(19-12-26-31(16(5)6)23(19)28-21)25(33)30(15(3)4)13-22-27-20-10-8-7-9-17(20)24(32)29-22/h7-12,14-16H,13H2,1-6H3,(H,27,29,32). The Morgan fingerprint density at radius 1 is 1.06 bits per heavy atom. The van der Waals surface area contributed by atoms with Crippen LogP contribution in [0.1, 0.15) is 75.4 Å². The average molecular weight is 447 g/mol. The van der Waals surface area contributed by atoms with Crippen LogP contribution in [0.2, 0.25) is 0 Å². The van der Waals surface area contributed by atoms with Gasteiger partial charge in [0.15, 0.2) is 5.65 Å². The van der Waals surface area contributed by atoms with Crippen molar-refractivity contribution in [2.45, 2.75) is 66.1 Å². The Morgan fingerprint density at radius 2 is 1.79 bits per heavy atom. The second-order valence-electron chi connectivity index (χ2n) is 9.23. The lowest BCUT2D eigenvalue weighted by atomic mass is 10.0. The summed E-state index contributed by atoms with van der Waals surface area (Å²) in [5.74, 6) is 0.467. The Hall–Kier alpha value is -3.55. The zero-order chi connectivity index (χ0) is 23.9. The number of nitrogens with zero attached hydrogens (tertiary/aromatic N) is 5. The lowest BCUT2D eigenvalue weighted by molar-refractivity contribution is 0.0687. The highest BCUT2D eigenvalue weighted by Crippen LogP contribution is 2.26. The van der Waals surface area contributed by atoms with E-state index < -0.39 is 0 Å². The van der Waals surface area contributed by atoms with E-state index in [0.29, 0.717) is 27.9 Å². The van der Waals surface area contributed by atoms with Gasteiger partial charge in [-0.3, -0.25) is 9.59 Å². The van der Waals surface area contributed by atoms with E-state index in [1.54, 1.807) is 29.3 Å². The van der Waals surface area contributed by atoms with Crippen LogP contribution in [0.15, 0.2) is 41.3 Å². The topological polar surface area (TPSA) is 96.8 Å². The molecule has 1 amide bonds. The van der Waals surface area contributed by atoms with Gasteiger partial charge in [-0.1, -0.05) is 26.0 Å². The largest absolute Gasteiger partial charge is 0.329 e. The van der Waals surface area contributed by atoms with Crippen molar-refractivity contribution in [2.75, 3.05) is 0 Å². The molecule has 4 rings (SSSR count). The predicted molar refractivity (Wildman–Crippen MR) is 129 cm³/mol. The van der Waals surface area contributed by atoms with E-state index in [9.17, 15) is 9.59 Å². The number of pyridine rings is 1. The van der Waals surface area contributed by atoms with Gasteiger partial charge in [0.1, 0.15) is 5.82 Å². The van der Waals surface area contributed by atoms with Crippen LogP contribution >= 0.6 is 0 Å². The molecule has 8 heteroatoms. The number of carbonyl (C=O) groups excluding carboxylic acids is 1. The van der Waals surface area contributed by atoms with Gasteiger partial charge in [-0.25, -0.2) is 14.6 Å². The summed E-state index contributed by atoms with van der Waals surface area (Å²) >= 11 is 0. The molecule has 0 aliphatic carbocycles. The molecule has 8 nitrogen and oxygen atoms in total. The van der Waals surface area contributed by atoms with Gasteiger partial charge >= 0.3 is 0 Å². The smallest absolute Gasteiger partial charge is 0.258 e. The van der Waals surface area contributed by atoms with Crippen LogP contribution in [0.4, 0.5) is 0 Å². The molecule has 4 aromatic rings. The Kier molecular flexibility index (Phi) is 6.01. The third-order valence-corrected chi connectivity index (χ3v) is 5.76. The van der Waals surface area contributed by atoms with Gasteiger partial charge in [0.2, 0.25) is 0 Å². The number of hydrogen-bond acceptors (Lipinski definition) is 5. The Morgan fingerprint density at radius 3 is 2.45 bits per heavy atom. The van der Waals surface area contributed by atoms with Crippen LogP contribution in [0.5, 0.6) is 0 Å². The third-order valence-electron chi connectivity index (χ3n) is 5.76. The van der Waals surface area contributed by atoms with Crippen LogP contribution in [-0.2, 0) is 6.54 Å². The quantitative estimate of drug-likeness (QED) is 0.473. The molecule has 1 aromatic carbocycles. The number of aromatic amines is 1. The van der Waals surface area contributed by atoms with Crippen LogP contribution < -0.4 is 5.56 Å². The van der Waals surface area contributed by atoms with Crippen molar-refractivity contribution in [1.29, 1.82) is 0 Å². The third kappa shape index (κ3) is 4.25. The zero-order valence-electron chi connectivity index (χ0n) is 20.0. The van der Waals surface area contributed by atoms with Crippen molar-refractivity contribution in [1.82, 2.24) is 29.6 Å². The predicted octanol–water partition coefficient (Wildman–Crippen LogP) is 4.42. The first-order valence-corrected chi connectivity index (χ1v) is 11.3. The summed E-state index contributed by atoms with van der Waals surface area (Å²) in [6.45, 7) is 12.3. The molecule has 0 saturated heterocycles. The normalized spacial score (nSPS) is 11.9. The van der Waals surface area contributed by atoms with Crippen molar-refractivity contribution in [3.8, 4) is 0 Å².